The molecule has 24 heavy (non-hydrogen) atoms. The number of phenolic OH excluding ortho intramolecular Hbond substituents is 1. The molecule has 0 saturated heterocycles. The smallest absolute Gasteiger partial charge is 0.337 e. The van der Waals surface area contributed by atoms with E-state index in [1.165, 1.54) is 13.2 Å². The molecule has 1 aliphatic carbocycles. The van der Waals surface area contributed by atoms with Crippen LogP contribution in [-0.4, -0.2) is 24.1 Å². The van der Waals surface area contributed by atoms with Crippen molar-refractivity contribution >= 4 is 11.9 Å². The van der Waals surface area contributed by atoms with Gasteiger partial charge in [0.2, 0.25) is 0 Å². The van der Waals surface area contributed by atoms with Crippen LogP contribution >= 0.6 is 0 Å². The summed E-state index contributed by atoms with van der Waals surface area (Å²) in [7, 11) is 1.35. The normalized spacial score (nSPS) is 15.7. The predicted molar refractivity (Wildman–Crippen MR) is 89.2 cm³/mol. The molecule has 0 saturated carbocycles. The number of phenols is 1. The lowest BCUT2D eigenvalue weighted by atomic mass is 10.0. The molecule has 1 aliphatic rings. The van der Waals surface area contributed by atoms with E-state index in [0.717, 1.165) is 24.0 Å². The second-order valence-corrected chi connectivity index (χ2v) is 5.97. The maximum Gasteiger partial charge on any atom is 0.337 e. The van der Waals surface area contributed by atoms with E-state index in [2.05, 4.69) is 5.32 Å². The number of aromatic hydroxyl groups is 1. The second-order valence-electron chi connectivity index (χ2n) is 5.97. The number of aryl methyl sites for hydroxylation is 2. The van der Waals surface area contributed by atoms with Gasteiger partial charge in [0.05, 0.1) is 18.7 Å². The molecule has 2 N–H and O–H groups in total. The molecule has 1 amide bonds. The highest BCUT2D eigenvalue weighted by molar-refractivity contribution is 5.96. The largest absolute Gasteiger partial charge is 0.508 e. The molecular weight excluding hydrogens is 306 g/mol. The maximum atomic E-state index is 12.5. The van der Waals surface area contributed by atoms with Crippen LogP contribution in [0.25, 0.3) is 0 Å². The van der Waals surface area contributed by atoms with E-state index in [-0.39, 0.29) is 23.7 Å². The van der Waals surface area contributed by atoms with E-state index >= 15 is 0 Å². The van der Waals surface area contributed by atoms with Gasteiger partial charge in [-0.3, -0.25) is 4.79 Å². The molecule has 0 spiro atoms. The minimum Gasteiger partial charge on any atom is -0.508 e. The third-order valence-corrected chi connectivity index (χ3v) is 4.40. The molecule has 0 bridgehead atoms. The summed E-state index contributed by atoms with van der Waals surface area (Å²) in [6, 6.07) is 10.00. The Morgan fingerprint density at radius 3 is 2.71 bits per heavy atom. The Kier molecular flexibility index (Phi) is 4.25. The number of benzene rings is 2. The molecule has 124 valence electrons. The molecule has 5 heteroatoms. The highest BCUT2D eigenvalue weighted by Gasteiger charge is 2.26. The van der Waals surface area contributed by atoms with E-state index in [1.54, 1.807) is 31.2 Å². The van der Waals surface area contributed by atoms with Crippen LogP contribution in [0.2, 0.25) is 0 Å². The Morgan fingerprint density at radius 2 is 2.00 bits per heavy atom. The maximum absolute atomic E-state index is 12.5. The fourth-order valence-electron chi connectivity index (χ4n) is 3.14. The van der Waals surface area contributed by atoms with Crippen LogP contribution in [0, 0.1) is 6.92 Å². The van der Waals surface area contributed by atoms with Crippen molar-refractivity contribution in [1.29, 1.82) is 0 Å². The van der Waals surface area contributed by atoms with Gasteiger partial charge in [0, 0.05) is 5.56 Å². The summed E-state index contributed by atoms with van der Waals surface area (Å²) in [5.74, 6) is -0.434. The van der Waals surface area contributed by atoms with Crippen LogP contribution in [0.1, 0.15) is 49.9 Å². The first-order chi connectivity index (χ1) is 11.5. The first-order valence-electron chi connectivity index (χ1n) is 7.81. The molecule has 2 aromatic rings. The summed E-state index contributed by atoms with van der Waals surface area (Å²) < 4.78 is 4.76. The van der Waals surface area contributed by atoms with Crippen molar-refractivity contribution in [2.45, 2.75) is 25.8 Å². The highest BCUT2D eigenvalue weighted by Crippen LogP contribution is 2.32. The van der Waals surface area contributed by atoms with Crippen molar-refractivity contribution in [2.24, 2.45) is 0 Å². The van der Waals surface area contributed by atoms with Gasteiger partial charge < -0.3 is 15.2 Å². The zero-order chi connectivity index (χ0) is 17.3. The summed E-state index contributed by atoms with van der Waals surface area (Å²) in [5, 5.41) is 12.5. The minimum atomic E-state index is -0.385. The standard InChI is InChI=1S/C19H19NO4/c1-11-9-14(21)6-7-15(11)18(22)20-17-8-5-12-3-4-13(10-16(12)17)19(23)24-2/h3-4,6-7,9-10,17,21H,5,8H2,1-2H3,(H,20,22). The quantitative estimate of drug-likeness (QED) is 0.851. The van der Waals surface area contributed by atoms with Gasteiger partial charge in [-0.25, -0.2) is 4.79 Å². The van der Waals surface area contributed by atoms with Crippen LogP contribution in [0.3, 0.4) is 0 Å². The molecule has 0 aromatic heterocycles. The molecule has 3 rings (SSSR count). The van der Waals surface area contributed by atoms with E-state index in [4.69, 9.17) is 4.74 Å². The topological polar surface area (TPSA) is 75.6 Å². The number of methoxy groups -OCH3 is 1. The van der Waals surface area contributed by atoms with Crippen LogP contribution < -0.4 is 5.32 Å². The second kappa shape index (κ2) is 6.35. The number of hydrogen-bond donors (Lipinski definition) is 2. The number of rotatable bonds is 3. The average molecular weight is 325 g/mol. The van der Waals surface area contributed by atoms with Crippen LogP contribution in [0.15, 0.2) is 36.4 Å². The first kappa shape index (κ1) is 16.1. The zero-order valence-electron chi connectivity index (χ0n) is 13.6. The SMILES string of the molecule is COC(=O)c1ccc2c(c1)C(NC(=O)c1ccc(O)cc1C)CC2. The van der Waals surface area contributed by atoms with Crippen molar-refractivity contribution < 1.29 is 19.4 Å². The molecule has 5 nitrogen and oxygen atoms in total. The Labute approximate surface area is 140 Å². The Hall–Kier alpha value is -2.82. The van der Waals surface area contributed by atoms with Gasteiger partial charge in [0.1, 0.15) is 5.75 Å². The lowest BCUT2D eigenvalue weighted by Crippen LogP contribution is -2.27. The molecule has 0 radical (unpaired) electrons. The van der Waals surface area contributed by atoms with Gasteiger partial charge in [-0.05, 0) is 66.8 Å². The van der Waals surface area contributed by atoms with Gasteiger partial charge in [-0.2, -0.15) is 0 Å². The van der Waals surface area contributed by atoms with Crippen molar-refractivity contribution in [3.63, 3.8) is 0 Å². The Balaban J connectivity index is 1.83. The summed E-state index contributed by atoms with van der Waals surface area (Å²) in [6.45, 7) is 1.78. The van der Waals surface area contributed by atoms with Crippen molar-refractivity contribution in [3.05, 3.63) is 64.2 Å². The minimum absolute atomic E-state index is 0.134. The number of esters is 1. The first-order valence-corrected chi connectivity index (χ1v) is 7.81. The Bertz CT molecular complexity index is 813. The number of ether oxygens (including phenoxy) is 1. The fraction of sp³-hybridized carbons (Fsp3) is 0.263. The monoisotopic (exact) mass is 325 g/mol. The lowest BCUT2D eigenvalue weighted by molar-refractivity contribution is 0.0600. The number of hydrogen-bond acceptors (Lipinski definition) is 4. The predicted octanol–water partition coefficient (Wildman–Crippen LogP) is 2.90. The number of carbonyl (C=O) groups is 2. The Morgan fingerprint density at radius 1 is 1.21 bits per heavy atom. The molecule has 0 fully saturated rings. The van der Waals surface area contributed by atoms with Crippen LogP contribution in [0.4, 0.5) is 0 Å². The summed E-state index contributed by atoms with van der Waals surface area (Å²) >= 11 is 0. The van der Waals surface area contributed by atoms with Crippen molar-refractivity contribution in [3.8, 4) is 5.75 Å². The van der Waals surface area contributed by atoms with E-state index in [0.29, 0.717) is 16.7 Å². The van der Waals surface area contributed by atoms with Crippen LogP contribution in [-0.2, 0) is 11.2 Å². The molecule has 0 heterocycles. The van der Waals surface area contributed by atoms with Gasteiger partial charge in [0.15, 0.2) is 0 Å². The molecular formula is C19H19NO4. The lowest BCUT2D eigenvalue weighted by Gasteiger charge is -2.16. The molecule has 1 unspecified atom stereocenters. The third kappa shape index (κ3) is 2.97. The van der Waals surface area contributed by atoms with Gasteiger partial charge in [-0.15, -0.1) is 0 Å². The van der Waals surface area contributed by atoms with Gasteiger partial charge >= 0.3 is 5.97 Å². The van der Waals surface area contributed by atoms with Crippen molar-refractivity contribution in [2.75, 3.05) is 7.11 Å². The van der Waals surface area contributed by atoms with Gasteiger partial charge in [-0.1, -0.05) is 6.07 Å². The third-order valence-electron chi connectivity index (χ3n) is 4.40. The zero-order valence-corrected chi connectivity index (χ0v) is 13.6. The van der Waals surface area contributed by atoms with E-state index in [1.807, 2.05) is 6.07 Å². The summed E-state index contributed by atoms with van der Waals surface area (Å²) in [6.07, 6.45) is 1.65. The fourth-order valence-corrected chi connectivity index (χ4v) is 3.14. The molecule has 0 aliphatic heterocycles. The molecule has 2 aromatic carbocycles. The number of nitrogens with one attached hydrogen (secondary N) is 1. The van der Waals surface area contributed by atoms with E-state index < -0.39 is 0 Å². The average Bonchev–Trinajstić information content (AvgIpc) is 2.96. The summed E-state index contributed by atoms with van der Waals surface area (Å²) in [5.41, 5.74) is 3.83. The number of carbonyl (C=O) groups excluding carboxylic acids is 2. The summed E-state index contributed by atoms with van der Waals surface area (Å²) in [4.78, 5) is 24.2. The number of fused-ring (bicyclic) bond motifs is 1. The molecule has 1 atom stereocenters. The van der Waals surface area contributed by atoms with Gasteiger partial charge in [0.25, 0.3) is 5.91 Å². The van der Waals surface area contributed by atoms with Crippen LogP contribution in [0.5, 0.6) is 5.75 Å². The number of amides is 1. The van der Waals surface area contributed by atoms with E-state index in [9.17, 15) is 14.7 Å². The highest BCUT2D eigenvalue weighted by atomic mass is 16.5. The van der Waals surface area contributed by atoms with Crippen molar-refractivity contribution in [1.82, 2.24) is 5.32 Å².